The van der Waals surface area contributed by atoms with Crippen LogP contribution in [0.25, 0.3) is 0 Å². The Kier molecular flexibility index (Phi) is 4.44. The summed E-state index contributed by atoms with van der Waals surface area (Å²) in [7, 11) is 0. The number of allylic oxidation sites excluding steroid dienone is 1. The van der Waals surface area contributed by atoms with E-state index in [0.29, 0.717) is 22.9 Å². The molecule has 0 bridgehead atoms. The second-order valence-corrected chi connectivity index (χ2v) is 12.8. The Morgan fingerprint density at radius 3 is 2.67 bits per heavy atom. The lowest BCUT2D eigenvalue weighted by molar-refractivity contribution is -0.115. The molecule has 2 N–H and O–H groups in total. The molecule has 6 rings (SSSR count). The van der Waals surface area contributed by atoms with Crippen LogP contribution in [-0.4, -0.2) is 29.6 Å². The van der Waals surface area contributed by atoms with E-state index >= 15 is 0 Å². The topological polar surface area (TPSA) is 41.5 Å². The predicted molar refractivity (Wildman–Crippen MR) is 120 cm³/mol. The van der Waals surface area contributed by atoms with Crippen LogP contribution < -0.4 is 5.32 Å². The lowest BCUT2D eigenvalue weighted by Crippen LogP contribution is -2.57. The Morgan fingerprint density at radius 1 is 1.07 bits per heavy atom. The molecule has 11 atom stereocenters. The molecular weight excluding hydrogens is 370 g/mol. The van der Waals surface area contributed by atoms with Crippen LogP contribution in [-0.2, 0) is 4.74 Å². The summed E-state index contributed by atoms with van der Waals surface area (Å²) in [6.45, 7) is 11.2. The van der Waals surface area contributed by atoms with Gasteiger partial charge < -0.3 is 9.84 Å². The maximum absolute atomic E-state index is 10.3. The van der Waals surface area contributed by atoms with Gasteiger partial charge in [-0.2, -0.15) is 0 Å². The first-order valence-corrected chi connectivity index (χ1v) is 13.1. The van der Waals surface area contributed by atoms with E-state index in [-0.39, 0.29) is 11.8 Å². The number of aliphatic hydroxyl groups is 1. The molecule has 2 heterocycles. The SMILES string of the molecule is C[C@@H]1CC[C@@]2(NC1)O[C@H]1C[C@H]3[C@@H]4CC=C5C[C@@H](O)CC[C@]5(C)[C@@H]4CC[C@]3(C)[C@H]1[C@@H]2C. The molecule has 6 aliphatic rings. The van der Waals surface area contributed by atoms with Crippen LogP contribution in [0.15, 0.2) is 11.6 Å². The third-order valence-electron chi connectivity index (χ3n) is 11.6. The van der Waals surface area contributed by atoms with Crippen molar-refractivity contribution in [1.82, 2.24) is 5.32 Å². The van der Waals surface area contributed by atoms with Crippen molar-refractivity contribution in [3.63, 3.8) is 0 Å². The predicted octanol–water partition coefficient (Wildman–Crippen LogP) is 5.29. The molecule has 4 aliphatic carbocycles. The zero-order valence-corrected chi connectivity index (χ0v) is 19.6. The maximum atomic E-state index is 10.3. The highest BCUT2D eigenvalue weighted by Gasteiger charge is 2.68. The standard InChI is InChI=1S/C27H43NO2/c1-16-7-12-27(28-15-16)17(2)24-23(30-27)14-22-20-6-5-18-13-19(29)8-10-25(18,3)21(20)9-11-26(22,24)4/h5,16-17,19-24,28-29H,6-15H2,1-4H3/t16-,17+,19+,20-,21-,22+,23+,24+,25+,26+,27-/m1/s1. The quantitative estimate of drug-likeness (QED) is 0.530. The largest absolute Gasteiger partial charge is 0.393 e. The fraction of sp³-hybridized carbons (Fsp3) is 0.926. The first-order chi connectivity index (χ1) is 14.3. The third-order valence-corrected chi connectivity index (χ3v) is 11.6. The second kappa shape index (κ2) is 6.58. The summed E-state index contributed by atoms with van der Waals surface area (Å²) in [4.78, 5) is 0. The summed E-state index contributed by atoms with van der Waals surface area (Å²) in [6, 6.07) is 0. The van der Waals surface area contributed by atoms with Gasteiger partial charge >= 0.3 is 0 Å². The fourth-order valence-electron chi connectivity index (χ4n) is 9.84. The number of piperidine rings is 1. The summed E-state index contributed by atoms with van der Waals surface area (Å²) in [5, 5.41) is 14.1. The number of nitrogens with one attached hydrogen (secondary N) is 1. The number of rotatable bonds is 0. The molecule has 2 aliphatic heterocycles. The van der Waals surface area contributed by atoms with Crippen LogP contribution in [0.4, 0.5) is 0 Å². The highest BCUT2D eigenvalue weighted by molar-refractivity contribution is 5.26. The van der Waals surface area contributed by atoms with Crippen molar-refractivity contribution >= 4 is 0 Å². The van der Waals surface area contributed by atoms with Crippen molar-refractivity contribution < 1.29 is 9.84 Å². The Labute approximate surface area is 183 Å². The minimum absolute atomic E-state index is 0.0439. The van der Waals surface area contributed by atoms with Crippen molar-refractivity contribution in [2.24, 2.45) is 46.3 Å². The average molecular weight is 414 g/mol. The molecule has 3 saturated carbocycles. The second-order valence-electron chi connectivity index (χ2n) is 12.8. The van der Waals surface area contributed by atoms with Gasteiger partial charge in [0.05, 0.1) is 12.2 Å². The van der Waals surface area contributed by atoms with E-state index in [1.807, 2.05) is 0 Å². The van der Waals surface area contributed by atoms with Crippen LogP contribution >= 0.6 is 0 Å². The minimum atomic E-state index is -0.100. The number of fused-ring (bicyclic) bond motifs is 7. The molecule has 3 nitrogen and oxygen atoms in total. The van der Waals surface area contributed by atoms with Gasteiger partial charge in [-0.1, -0.05) is 39.3 Å². The van der Waals surface area contributed by atoms with E-state index < -0.39 is 0 Å². The average Bonchev–Trinajstić information content (AvgIpc) is 3.16. The van der Waals surface area contributed by atoms with Crippen LogP contribution in [0.1, 0.15) is 85.5 Å². The molecule has 3 heteroatoms. The van der Waals surface area contributed by atoms with E-state index in [0.717, 1.165) is 49.0 Å². The number of hydrogen-bond acceptors (Lipinski definition) is 3. The van der Waals surface area contributed by atoms with Crippen LogP contribution in [0.2, 0.25) is 0 Å². The molecule has 0 unspecified atom stereocenters. The number of hydrogen-bond donors (Lipinski definition) is 2. The molecule has 0 aromatic rings. The molecule has 168 valence electrons. The normalized spacial score (nSPS) is 59.8. The summed E-state index contributed by atoms with van der Waals surface area (Å²) in [5.74, 6) is 4.58. The number of aliphatic hydroxyl groups excluding tert-OH is 1. The fourth-order valence-corrected chi connectivity index (χ4v) is 9.84. The highest BCUT2D eigenvalue weighted by Crippen LogP contribution is 2.70. The van der Waals surface area contributed by atoms with Crippen LogP contribution in [0.3, 0.4) is 0 Å². The zero-order chi connectivity index (χ0) is 20.9. The van der Waals surface area contributed by atoms with Crippen molar-refractivity contribution in [1.29, 1.82) is 0 Å². The van der Waals surface area contributed by atoms with Gasteiger partial charge in [0.2, 0.25) is 0 Å². The number of ether oxygens (including phenoxy) is 1. The molecule has 30 heavy (non-hydrogen) atoms. The molecule has 0 amide bonds. The van der Waals surface area contributed by atoms with E-state index in [1.165, 1.54) is 44.9 Å². The first kappa shape index (κ1) is 20.2. The Morgan fingerprint density at radius 2 is 1.90 bits per heavy atom. The van der Waals surface area contributed by atoms with E-state index in [1.54, 1.807) is 5.57 Å². The van der Waals surface area contributed by atoms with Crippen molar-refractivity contribution in [2.45, 2.75) is 103 Å². The van der Waals surface area contributed by atoms with Crippen molar-refractivity contribution in [3.05, 3.63) is 11.6 Å². The van der Waals surface area contributed by atoms with Gasteiger partial charge in [0.1, 0.15) is 5.72 Å². The molecule has 5 fully saturated rings. The van der Waals surface area contributed by atoms with Gasteiger partial charge in [0.15, 0.2) is 0 Å². The zero-order valence-electron chi connectivity index (χ0n) is 19.6. The Balaban J connectivity index is 1.28. The smallest absolute Gasteiger partial charge is 0.122 e. The third kappa shape index (κ3) is 2.55. The van der Waals surface area contributed by atoms with Crippen LogP contribution in [0.5, 0.6) is 0 Å². The summed E-state index contributed by atoms with van der Waals surface area (Å²) in [6.07, 6.45) is 13.8. The van der Waals surface area contributed by atoms with Gasteiger partial charge in [-0.25, -0.2) is 0 Å². The maximum Gasteiger partial charge on any atom is 0.122 e. The monoisotopic (exact) mass is 413 g/mol. The molecule has 0 aromatic carbocycles. The van der Waals surface area contributed by atoms with Gasteiger partial charge in [-0.15, -0.1) is 0 Å². The summed E-state index contributed by atoms with van der Waals surface area (Å²) in [5.41, 5.74) is 2.33. The Hall–Kier alpha value is -0.380. The minimum Gasteiger partial charge on any atom is -0.393 e. The van der Waals surface area contributed by atoms with E-state index in [9.17, 15) is 5.11 Å². The highest BCUT2D eigenvalue weighted by atomic mass is 16.5. The molecule has 0 aromatic heterocycles. The lowest BCUT2D eigenvalue weighted by atomic mass is 9.47. The van der Waals surface area contributed by atoms with Crippen molar-refractivity contribution in [2.75, 3.05) is 6.54 Å². The van der Waals surface area contributed by atoms with Gasteiger partial charge in [-0.05, 0) is 98.2 Å². The van der Waals surface area contributed by atoms with Gasteiger partial charge in [-0.3, -0.25) is 5.32 Å². The molecular formula is C27H43NO2. The van der Waals surface area contributed by atoms with E-state index in [4.69, 9.17) is 4.74 Å². The first-order valence-electron chi connectivity index (χ1n) is 13.1. The Bertz CT molecular complexity index is 739. The van der Waals surface area contributed by atoms with Crippen LogP contribution in [0, 0.1) is 46.3 Å². The lowest BCUT2D eigenvalue weighted by Gasteiger charge is -2.58. The summed E-state index contributed by atoms with van der Waals surface area (Å²) >= 11 is 0. The van der Waals surface area contributed by atoms with Crippen molar-refractivity contribution in [3.8, 4) is 0 Å². The van der Waals surface area contributed by atoms with Gasteiger partial charge in [0.25, 0.3) is 0 Å². The van der Waals surface area contributed by atoms with E-state index in [2.05, 4.69) is 39.1 Å². The summed E-state index contributed by atoms with van der Waals surface area (Å²) < 4.78 is 7.00. The molecule has 2 saturated heterocycles. The van der Waals surface area contributed by atoms with Gasteiger partial charge in [0, 0.05) is 12.5 Å². The molecule has 0 radical (unpaired) electrons. The molecule has 1 spiro atoms.